The Hall–Kier alpha value is -2.52. The highest BCUT2D eigenvalue weighted by Crippen LogP contribution is 2.10. The van der Waals surface area contributed by atoms with E-state index in [1.54, 1.807) is 0 Å². The van der Waals surface area contributed by atoms with Crippen molar-refractivity contribution >= 4 is 11.9 Å². The number of nitrogens with two attached hydrogens (primary N) is 1. The zero-order valence-electron chi connectivity index (χ0n) is 14.0. The van der Waals surface area contributed by atoms with Crippen molar-refractivity contribution in [3.05, 3.63) is 35.9 Å². The Morgan fingerprint density at radius 3 is 2.96 bits per heavy atom. The smallest absolute Gasteiger partial charge is 0.242 e. The van der Waals surface area contributed by atoms with Gasteiger partial charge in [0.25, 0.3) is 0 Å². The Balaban J connectivity index is 1.47. The number of aromatic nitrogens is 4. The number of benzene rings is 1. The number of hydrogen-bond acceptors (Lipinski definition) is 7. The van der Waals surface area contributed by atoms with Crippen LogP contribution in [0.2, 0.25) is 0 Å². The van der Waals surface area contributed by atoms with Crippen LogP contribution in [-0.4, -0.2) is 63.4 Å². The van der Waals surface area contributed by atoms with Crippen molar-refractivity contribution in [2.45, 2.75) is 25.6 Å². The molecule has 0 saturated carbocycles. The first-order chi connectivity index (χ1) is 12.2. The summed E-state index contributed by atoms with van der Waals surface area (Å²) in [5, 5.41) is 13.5. The molecular formula is C16H23N7O2. The van der Waals surface area contributed by atoms with Crippen LogP contribution >= 0.6 is 0 Å². The van der Waals surface area contributed by atoms with Gasteiger partial charge in [0.15, 0.2) is 0 Å². The number of carbonyl (C=O) groups is 1. The van der Waals surface area contributed by atoms with E-state index in [9.17, 15) is 4.79 Å². The molecule has 3 rings (SSSR count). The van der Waals surface area contributed by atoms with Gasteiger partial charge >= 0.3 is 0 Å². The SMILES string of the molecule is Nc1nnnn1CC(=O)NCC1CN(Cc2ccccc2)CCCO1. The summed E-state index contributed by atoms with van der Waals surface area (Å²) in [6.45, 7) is 3.80. The first-order valence-corrected chi connectivity index (χ1v) is 8.37. The second-order valence-corrected chi connectivity index (χ2v) is 6.07. The number of rotatable bonds is 6. The maximum Gasteiger partial charge on any atom is 0.242 e. The third-order valence-corrected chi connectivity index (χ3v) is 4.06. The standard InChI is InChI=1S/C16H23N7O2/c17-16-19-20-21-23(16)12-15(24)18-9-14-11-22(7-4-8-25-14)10-13-5-2-1-3-6-13/h1-3,5-6,14H,4,7-12H2,(H,18,24)(H2,17,19,21). The minimum absolute atomic E-state index is 0.000711. The molecule has 2 aromatic rings. The van der Waals surface area contributed by atoms with Gasteiger partial charge in [-0.2, -0.15) is 0 Å². The number of anilines is 1. The predicted octanol–water partition coefficient (Wildman–Crippen LogP) is -0.337. The van der Waals surface area contributed by atoms with Gasteiger partial charge < -0.3 is 15.8 Å². The molecule has 1 aromatic heterocycles. The summed E-state index contributed by atoms with van der Waals surface area (Å²) in [4.78, 5) is 14.4. The third-order valence-electron chi connectivity index (χ3n) is 4.06. The highest BCUT2D eigenvalue weighted by molar-refractivity contribution is 5.75. The lowest BCUT2D eigenvalue weighted by Crippen LogP contribution is -2.41. The van der Waals surface area contributed by atoms with Crippen LogP contribution in [-0.2, 0) is 22.6 Å². The second-order valence-electron chi connectivity index (χ2n) is 6.07. The van der Waals surface area contributed by atoms with Crippen LogP contribution in [0.4, 0.5) is 5.95 Å². The van der Waals surface area contributed by atoms with Crippen LogP contribution < -0.4 is 11.1 Å². The van der Waals surface area contributed by atoms with Crippen LogP contribution in [0.25, 0.3) is 0 Å². The van der Waals surface area contributed by atoms with Gasteiger partial charge in [0.1, 0.15) is 6.54 Å². The first kappa shape index (κ1) is 17.3. The Morgan fingerprint density at radius 1 is 1.36 bits per heavy atom. The van der Waals surface area contributed by atoms with Crippen molar-refractivity contribution in [2.75, 3.05) is 32.0 Å². The van der Waals surface area contributed by atoms with E-state index in [2.05, 4.69) is 37.9 Å². The summed E-state index contributed by atoms with van der Waals surface area (Å²) in [6, 6.07) is 10.4. The number of nitrogen functional groups attached to an aromatic ring is 1. The van der Waals surface area contributed by atoms with Gasteiger partial charge in [-0.3, -0.25) is 9.69 Å². The average molecular weight is 345 g/mol. The molecule has 1 atom stereocenters. The maximum atomic E-state index is 12.0. The number of carbonyl (C=O) groups excluding carboxylic acids is 1. The molecule has 0 aliphatic carbocycles. The van der Waals surface area contributed by atoms with Gasteiger partial charge in [0, 0.05) is 32.8 Å². The van der Waals surface area contributed by atoms with Crippen LogP contribution in [0.1, 0.15) is 12.0 Å². The fourth-order valence-electron chi connectivity index (χ4n) is 2.82. The molecule has 134 valence electrons. The Morgan fingerprint density at radius 2 is 2.20 bits per heavy atom. The lowest BCUT2D eigenvalue weighted by Gasteiger charge is -2.24. The highest BCUT2D eigenvalue weighted by Gasteiger charge is 2.20. The summed E-state index contributed by atoms with van der Waals surface area (Å²) in [5.41, 5.74) is 6.83. The molecule has 3 N–H and O–H groups in total. The molecule has 9 heteroatoms. The van der Waals surface area contributed by atoms with E-state index in [1.807, 2.05) is 18.2 Å². The van der Waals surface area contributed by atoms with Crippen molar-refractivity contribution in [3.63, 3.8) is 0 Å². The molecule has 2 heterocycles. The molecule has 1 aromatic carbocycles. The number of tetrazole rings is 1. The number of nitrogens with one attached hydrogen (secondary N) is 1. The second kappa shape index (κ2) is 8.54. The molecule has 9 nitrogen and oxygen atoms in total. The summed E-state index contributed by atoms with van der Waals surface area (Å²) >= 11 is 0. The fraction of sp³-hybridized carbons (Fsp3) is 0.500. The summed E-state index contributed by atoms with van der Waals surface area (Å²) in [5.74, 6) is -0.0728. The van der Waals surface area contributed by atoms with Gasteiger partial charge in [0.2, 0.25) is 11.9 Å². The van der Waals surface area contributed by atoms with Crippen LogP contribution in [0.3, 0.4) is 0 Å². The normalized spacial score (nSPS) is 18.6. The van der Waals surface area contributed by atoms with Gasteiger partial charge in [-0.15, -0.1) is 0 Å². The van der Waals surface area contributed by atoms with Gasteiger partial charge in [0.05, 0.1) is 6.10 Å². The summed E-state index contributed by atoms with van der Waals surface area (Å²) in [7, 11) is 0. The number of nitrogens with zero attached hydrogens (tertiary/aromatic N) is 5. The molecular weight excluding hydrogens is 322 g/mol. The third kappa shape index (κ3) is 5.23. The van der Waals surface area contributed by atoms with E-state index < -0.39 is 0 Å². The molecule has 1 amide bonds. The first-order valence-electron chi connectivity index (χ1n) is 8.37. The molecule has 1 saturated heterocycles. The number of ether oxygens (including phenoxy) is 1. The van der Waals surface area contributed by atoms with Crippen LogP contribution in [0.15, 0.2) is 30.3 Å². The Kier molecular flexibility index (Phi) is 5.91. The van der Waals surface area contributed by atoms with E-state index in [1.165, 1.54) is 10.2 Å². The molecule has 1 aliphatic rings. The van der Waals surface area contributed by atoms with Crippen molar-refractivity contribution in [1.82, 2.24) is 30.4 Å². The van der Waals surface area contributed by atoms with Crippen molar-refractivity contribution < 1.29 is 9.53 Å². The van der Waals surface area contributed by atoms with Crippen molar-refractivity contribution in [1.29, 1.82) is 0 Å². The topological polar surface area (TPSA) is 111 Å². The lowest BCUT2D eigenvalue weighted by atomic mass is 10.2. The van der Waals surface area contributed by atoms with Crippen LogP contribution in [0, 0.1) is 0 Å². The van der Waals surface area contributed by atoms with E-state index in [-0.39, 0.29) is 24.5 Å². The molecule has 0 spiro atoms. The van der Waals surface area contributed by atoms with Gasteiger partial charge in [-0.1, -0.05) is 35.4 Å². The highest BCUT2D eigenvalue weighted by atomic mass is 16.5. The molecule has 1 fully saturated rings. The zero-order chi connectivity index (χ0) is 17.5. The number of hydrogen-bond donors (Lipinski definition) is 2. The van der Waals surface area contributed by atoms with Crippen molar-refractivity contribution in [3.8, 4) is 0 Å². The quantitative estimate of drug-likeness (QED) is 0.737. The summed E-state index contributed by atoms with van der Waals surface area (Å²) in [6.07, 6.45) is 0.944. The monoisotopic (exact) mass is 345 g/mol. The minimum atomic E-state index is -0.193. The molecule has 0 radical (unpaired) electrons. The summed E-state index contributed by atoms with van der Waals surface area (Å²) < 4.78 is 7.11. The van der Waals surface area contributed by atoms with Crippen molar-refractivity contribution in [2.24, 2.45) is 0 Å². The van der Waals surface area contributed by atoms with Crippen LogP contribution in [0.5, 0.6) is 0 Å². The Bertz CT molecular complexity index is 676. The maximum absolute atomic E-state index is 12.0. The van der Waals surface area contributed by atoms with Gasteiger partial charge in [-0.25, -0.2) is 4.68 Å². The average Bonchev–Trinajstić information content (AvgIpc) is 2.88. The molecule has 25 heavy (non-hydrogen) atoms. The molecule has 1 unspecified atom stereocenters. The Labute approximate surface area is 146 Å². The lowest BCUT2D eigenvalue weighted by molar-refractivity contribution is -0.122. The number of amides is 1. The van der Waals surface area contributed by atoms with E-state index in [0.29, 0.717) is 13.2 Å². The fourth-order valence-corrected chi connectivity index (χ4v) is 2.82. The zero-order valence-corrected chi connectivity index (χ0v) is 14.0. The molecule has 0 bridgehead atoms. The largest absolute Gasteiger partial charge is 0.375 e. The van der Waals surface area contributed by atoms with E-state index in [0.717, 1.165) is 26.1 Å². The minimum Gasteiger partial charge on any atom is -0.375 e. The van der Waals surface area contributed by atoms with E-state index in [4.69, 9.17) is 10.5 Å². The molecule has 1 aliphatic heterocycles. The predicted molar refractivity (Wildman–Crippen MR) is 91.3 cm³/mol. The van der Waals surface area contributed by atoms with E-state index >= 15 is 0 Å². The van der Waals surface area contributed by atoms with Gasteiger partial charge in [-0.05, 0) is 22.4 Å².